The van der Waals surface area contributed by atoms with Crippen LogP contribution < -0.4 is 15.0 Å². The number of hydrogen-bond acceptors (Lipinski definition) is 6. The van der Waals surface area contributed by atoms with Gasteiger partial charge in [0.1, 0.15) is 18.2 Å². The number of rotatable bonds is 6. The standard InChI is InChI=1S/C24H24N6O2/c1-29-15-12-25-21(29)16-32-18-10-8-17(9-11-18)24(31)28-22-23(30-13-4-5-14-30)27-20-7-3-2-6-19(20)26-22/h2-3,6-12,15H,4-5,13-14,16H2,1H3,(H,26,28,31). The van der Waals surface area contributed by atoms with Gasteiger partial charge in [0.2, 0.25) is 0 Å². The molecule has 32 heavy (non-hydrogen) atoms. The van der Waals surface area contributed by atoms with Crippen molar-refractivity contribution in [3.63, 3.8) is 0 Å². The lowest BCUT2D eigenvalue weighted by atomic mass is 10.2. The second-order valence-corrected chi connectivity index (χ2v) is 7.80. The minimum atomic E-state index is -0.231. The Morgan fingerprint density at radius 2 is 1.75 bits per heavy atom. The lowest BCUT2D eigenvalue weighted by Gasteiger charge is -2.20. The van der Waals surface area contributed by atoms with Gasteiger partial charge in [0.25, 0.3) is 5.91 Å². The summed E-state index contributed by atoms with van der Waals surface area (Å²) in [5.74, 6) is 2.49. The Kier molecular flexibility index (Phi) is 5.41. The van der Waals surface area contributed by atoms with E-state index in [1.807, 2.05) is 42.1 Å². The smallest absolute Gasteiger partial charge is 0.256 e. The summed E-state index contributed by atoms with van der Waals surface area (Å²) in [6.07, 6.45) is 5.83. The Balaban J connectivity index is 1.34. The summed E-state index contributed by atoms with van der Waals surface area (Å²) >= 11 is 0. The summed E-state index contributed by atoms with van der Waals surface area (Å²) < 4.78 is 7.68. The number of carbonyl (C=O) groups is 1. The van der Waals surface area contributed by atoms with Gasteiger partial charge in [-0.15, -0.1) is 0 Å². The predicted octanol–water partition coefficient (Wildman–Crippen LogP) is 3.79. The molecule has 1 N–H and O–H groups in total. The maximum atomic E-state index is 13.0. The quantitative estimate of drug-likeness (QED) is 0.503. The van der Waals surface area contributed by atoms with Crippen molar-refractivity contribution in [2.45, 2.75) is 19.4 Å². The highest BCUT2D eigenvalue weighted by Crippen LogP contribution is 2.28. The summed E-state index contributed by atoms with van der Waals surface area (Å²) in [6.45, 7) is 2.19. The lowest BCUT2D eigenvalue weighted by molar-refractivity contribution is 0.102. The van der Waals surface area contributed by atoms with Crippen LogP contribution in [0, 0.1) is 0 Å². The SMILES string of the molecule is Cn1ccnc1COc1ccc(C(=O)Nc2nc3ccccc3nc2N2CCCC2)cc1. The Labute approximate surface area is 185 Å². The third-order valence-electron chi connectivity index (χ3n) is 5.60. The van der Waals surface area contributed by atoms with E-state index < -0.39 is 0 Å². The molecule has 162 valence electrons. The summed E-state index contributed by atoms with van der Waals surface area (Å²) in [5.41, 5.74) is 2.10. The largest absolute Gasteiger partial charge is 0.486 e. The molecule has 2 aromatic carbocycles. The van der Waals surface area contributed by atoms with E-state index in [1.54, 1.807) is 30.5 Å². The van der Waals surface area contributed by atoms with E-state index in [4.69, 9.17) is 14.7 Å². The fraction of sp³-hybridized carbons (Fsp3) is 0.250. The highest BCUT2D eigenvalue weighted by molar-refractivity contribution is 6.05. The highest BCUT2D eigenvalue weighted by Gasteiger charge is 2.21. The van der Waals surface area contributed by atoms with Crippen molar-refractivity contribution in [2.24, 2.45) is 7.05 Å². The first kappa shape index (κ1) is 20.0. The molecule has 5 rings (SSSR count). The zero-order chi connectivity index (χ0) is 21.9. The average Bonchev–Trinajstić information content (AvgIpc) is 3.49. The molecule has 1 fully saturated rings. The Morgan fingerprint density at radius 3 is 2.44 bits per heavy atom. The van der Waals surface area contributed by atoms with Gasteiger partial charge < -0.3 is 19.5 Å². The van der Waals surface area contributed by atoms with E-state index >= 15 is 0 Å². The van der Waals surface area contributed by atoms with Crippen molar-refractivity contribution in [2.75, 3.05) is 23.3 Å². The molecule has 0 atom stereocenters. The summed E-state index contributed by atoms with van der Waals surface area (Å²) in [6, 6.07) is 14.8. The zero-order valence-corrected chi connectivity index (χ0v) is 17.9. The summed E-state index contributed by atoms with van der Waals surface area (Å²) in [4.78, 5) is 28.9. The molecular weight excluding hydrogens is 404 g/mol. The summed E-state index contributed by atoms with van der Waals surface area (Å²) in [7, 11) is 1.92. The van der Waals surface area contributed by atoms with E-state index in [9.17, 15) is 4.79 Å². The van der Waals surface area contributed by atoms with Gasteiger partial charge in [-0.05, 0) is 49.2 Å². The van der Waals surface area contributed by atoms with Crippen LogP contribution in [0.2, 0.25) is 0 Å². The molecule has 1 saturated heterocycles. The minimum absolute atomic E-state index is 0.231. The molecule has 1 aliphatic heterocycles. The molecule has 3 heterocycles. The molecule has 2 aromatic heterocycles. The van der Waals surface area contributed by atoms with Gasteiger partial charge in [0, 0.05) is 38.1 Å². The number of anilines is 2. The Morgan fingerprint density at radius 1 is 1.03 bits per heavy atom. The molecule has 0 bridgehead atoms. The van der Waals surface area contributed by atoms with Gasteiger partial charge in [-0.3, -0.25) is 4.79 Å². The van der Waals surface area contributed by atoms with Crippen molar-refractivity contribution in [1.82, 2.24) is 19.5 Å². The predicted molar refractivity (Wildman–Crippen MR) is 123 cm³/mol. The first-order chi connectivity index (χ1) is 15.7. The Hall–Kier alpha value is -3.94. The minimum Gasteiger partial charge on any atom is -0.486 e. The number of ether oxygens (including phenoxy) is 1. The van der Waals surface area contributed by atoms with Crippen LogP contribution in [0.15, 0.2) is 60.9 Å². The molecule has 0 unspecified atom stereocenters. The number of imidazole rings is 1. The van der Waals surface area contributed by atoms with Crippen molar-refractivity contribution in [1.29, 1.82) is 0 Å². The fourth-order valence-electron chi connectivity index (χ4n) is 3.79. The highest BCUT2D eigenvalue weighted by atomic mass is 16.5. The number of nitrogens with one attached hydrogen (secondary N) is 1. The van der Waals surface area contributed by atoms with Crippen LogP contribution in [-0.4, -0.2) is 38.5 Å². The number of amides is 1. The zero-order valence-electron chi connectivity index (χ0n) is 17.9. The monoisotopic (exact) mass is 428 g/mol. The molecule has 1 amide bonds. The second-order valence-electron chi connectivity index (χ2n) is 7.80. The first-order valence-corrected chi connectivity index (χ1v) is 10.7. The van der Waals surface area contributed by atoms with E-state index in [0.717, 1.165) is 48.6 Å². The molecule has 0 spiro atoms. The molecule has 0 radical (unpaired) electrons. The van der Waals surface area contributed by atoms with Crippen molar-refractivity contribution in [3.8, 4) is 5.75 Å². The van der Waals surface area contributed by atoms with Gasteiger partial charge >= 0.3 is 0 Å². The average molecular weight is 428 g/mol. The van der Waals surface area contributed by atoms with Crippen LogP contribution in [0.1, 0.15) is 29.0 Å². The van der Waals surface area contributed by atoms with Gasteiger partial charge in [-0.25, -0.2) is 15.0 Å². The van der Waals surface area contributed by atoms with E-state index in [2.05, 4.69) is 15.2 Å². The molecule has 1 aliphatic rings. The van der Waals surface area contributed by atoms with Crippen LogP contribution in [0.4, 0.5) is 11.6 Å². The van der Waals surface area contributed by atoms with E-state index in [0.29, 0.717) is 23.7 Å². The maximum absolute atomic E-state index is 13.0. The normalized spacial score (nSPS) is 13.5. The van der Waals surface area contributed by atoms with Gasteiger partial charge in [0.05, 0.1) is 11.0 Å². The van der Waals surface area contributed by atoms with Crippen LogP contribution in [0.3, 0.4) is 0 Å². The Bertz CT molecular complexity index is 1250. The topological polar surface area (TPSA) is 85.2 Å². The molecule has 8 nitrogen and oxygen atoms in total. The summed E-state index contributed by atoms with van der Waals surface area (Å²) in [5, 5.41) is 2.97. The molecule has 0 saturated carbocycles. The maximum Gasteiger partial charge on any atom is 0.256 e. The lowest BCUT2D eigenvalue weighted by Crippen LogP contribution is -2.23. The number of nitrogens with zero attached hydrogens (tertiary/aromatic N) is 5. The fourth-order valence-corrected chi connectivity index (χ4v) is 3.79. The number of aromatic nitrogens is 4. The second kappa shape index (κ2) is 8.66. The molecule has 8 heteroatoms. The molecule has 0 aliphatic carbocycles. The molecule has 4 aromatic rings. The third-order valence-corrected chi connectivity index (χ3v) is 5.60. The van der Waals surface area contributed by atoms with Gasteiger partial charge in [-0.1, -0.05) is 12.1 Å². The number of aryl methyl sites for hydroxylation is 1. The molecular formula is C24H24N6O2. The van der Waals surface area contributed by atoms with Crippen molar-refractivity contribution in [3.05, 3.63) is 72.3 Å². The first-order valence-electron chi connectivity index (χ1n) is 10.7. The van der Waals surface area contributed by atoms with Crippen LogP contribution in [0.5, 0.6) is 5.75 Å². The van der Waals surface area contributed by atoms with E-state index in [-0.39, 0.29) is 5.91 Å². The number of fused-ring (bicyclic) bond motifs is 1. The van der Waals surface area contributed by atoms with Crippen LogP contribution >= 0.6 is 0 Å². The van der Waals surface area contributed by atoms with Crippen LogP contribution in [-0.2, 0) is 13.7 Å². The third kappa shape index (κ3) is 4.12. The van der Waals surface area contributed by atoms with Crippen molar-refractivity contribution >= 4 is 28.6 Å². The number of para-hydroxylation sites is 2. The number of carbonyl (C=O) groups excluding carboxylic acids is 1. The van der Waals surface area contributed by atoms with E-state index in [1.165, 1.54) is 0 Å². The van der Waals surface area contributed by atoms with Crippen LogP contribution in [0.25, 0.3) is 11.0 Å². The van der Waals surface area contributed by atoms with Gasteiger partial charge in [-0.2, -0.15) is 0 Å². The number of benzene rings is 2. The van der Waals surface area contributed by atoms with Crippen molar-refractivity contribution < 1.29 is 9.53 Å². The number of hydrogen-bond donors (Lipinski definition) is 1. The van der Waals surface area contributed by atoms with Gasteiger partial charge in [0.15, 0.2) is 11.6 Å².